The van der Waals surface area contributed by atoms with Crippen LogP contribution in [0.3, 0.4) is 0 Å². The van der Waals surface area contributed by atoms with Gasteiger partial charge in [-0.3, -0.25) is 9.59 Å². The van der Waals surface area contributed by atoms with Gasteiger partial charge >= 0.3 is 0 Å². The third-order valence-corrected chi connectivity index (χ3v) is 4.63. The van der Waals surface area contributed by atoms with Crippen LogP contribution >= 0.6 is 0 Å². The zero-order valence-corrected chi connectivity index (χ0v) is 12.6. The molecule has 0 radical (unpaired) electrons. The number of fused-ring (bicyclic) bond motifs is 1. The Bertz CT molecular complexity index is 1040. The SMILES string of the molecule is O=C(NS(=O)(=O)c1ccccc1)c1cccc2ccc(=O)[nH]c12. The Morgan fingerprint density at radius 3 is 2.39 bits per heavy atom. The van der Waals surface area contributed by atoms with E-state index >= 15 is 0 Å². The quantitative estimate of drug-likeness (QED) is 0.764. The summed E-state index contributed by atoms with van der Waals surface area (Å²) in [6.45, 7) is 0. The van der Waals surface area contributed by atoms with E-state index in [2.05, 4.69) is 4.98 Å². The molecule has 0 unspecified atom stereocenters. The average molecular weight is 328 g/mol. The van der Waals surface area contributed by atoms with Crippen LogP contribution in [0.15, 0.2) is 70.4 Å². The van der Waals surface area contributed by atoms with Gasteiger partial charge in [0.2, 0.25) is 5.56 Å². The molecular formula is C16H12N2O4S. The Morgan fingerprint density at radius 1 is 0.913 bits per heavy atom. The van der Waals surface area contributed by atoms with Gasteiger partial charge in [-0.25, -0.2) is 13.1 Å². The van der Waals surface area contributed by atoms with Crippen LogP contribution in [0.1, 0.15) is 10.4 Å². The fourth-order valence-electron chi connectivity index (χ4n) is 2.20. The molecule has 0 spiro atoms. The van der Waals surface area contributed by atoms with Crippen molar-refractivity contribution >= 4 is 26.8 Å². The number of nitrogens with one attached hydrogen (secondary N) is 2. The highest BCUT2D eigenvalue weighted by Gasteiger charge is 2.20. The lowest BCUT2D eigenvalue weighted by Gasteiger charge is -2.08. The van der Waals surface area contributed by atoms with Crippen molar-refractivity contribution < 1.29 is 13.2 Å². The van der Waals surface area contributed by atoms with Gasteiger partial charge in [0, 0.05) is 6.07 Å². The van der Waals surface area contributed by atoms with Crippen LogP contribution in [0.2, 0.25) is 0 Å². The minimum absolute atomic E-state index is 0.0120. The summed E-state index contributed by atoms with van der Waals surface area (Å²) >= 11 is 0. The monoisotopic (exact) mass is 328 g/mol. The summed E-state index contributed by atoms with van der Waals surface area (Å²) in [4.78, 5) is 26.3. The standard InChI is InChI=1S/C16H12N2O4S/c19-14-10-9-11-5-4-8-13(15(11)17-14)16(20)18-23(21,22)12-6-2-1-3-7-12/h1-10H,(H,17,19)(H,18,20). The predicted molar refractivity (Wildman–Crippen MR) is 85.7 cm³/mol. The number of aromatic nitrogens is 1. The second kappa shape index (κ2) is 5.69. The zero-order chi connectivity index (χ0) is 16.4. The van der Waals surface area contributed by atoms with E-state index in [1.165, 1.54) is 24.3 Å². The van der Waals surface area contributed by atoms with E-state index in [0.717, 1.165) is 0 Å². The average Bonchev–Trinajstić information content (AvgIpc) is 2.54. The topological polar surface area (TPSA) is 96.1 Å². The second-order valence-corrected chi connectivity index (χ2v) is 6.52. The van der Waals surface area contributed by atoms with E-state index in [-0.39, 0.29) is 16.0 Å². The molecule has 1 heterocycles. The lowest BCUT2D eigenvalue weighted by Crippen LogP contribution is -2.31. The van der Waals surface area contributed by atoms with Crippen molar-refractivity contribution in [2.24, 2.45) is 0 Å². The smallest absolute Gasteiger partial charge is 0.267 e. The lowest BCUT2D eigenvalue weighted by molar-refractivity contribution is 0.0983. The van der Waals surface area contributed by atoms with Crippen LogP contribution in [0.4, 0.5) is 0 Å². The molecule has 7 heteroatoms. The van der Waals surface area contributed by atoms with Crippen molar-refractivity contribution in [2.75, 3.05) is 0 Å². The number of hydrogen-bond donors (Lipinski definition) is 2. The fraction of sp³-hybridized carbons (Fsp3) is 0. The number of rotatable bonds is 3. The fourth-order valence-corrected chi connectivity index (χ4v) is 3.19. The maximum absolute atomic E-state index is 12.3. The maximum atomic E-state index is 12.3. The molecule has 23 heavy (non-hydrogen) atoms. The molecule has 3 rings (SSSR count). The molecule has 1 aromatic heterocycles. The highest BCUT2D eigenvalue weighted by molar-refractivity contribution is 7.90. The molecule has 0 aliphatic rings. The molecule has 0 bridgehead atoms. The third-order valence-electron chi connectivity index (χ3n) is 3.28. The molecular weight excluding hydrogens is 316 g/mol. The number of carbonyl (C=O) groups is 1. The molecule has 0 fully saturated rings. The highest BCUT2D eigenvalue weighted by atomic mass is 32.2. The van der Waals surface area contributed by atoms with Crippen molar-refractivity contribution in [3.8, 4) is 0 Å². The van der Waals surface area contributed by atoms with Gasteiger partial charge in [-0.05, 0) is 29.7 Å². The summed E-state index contributed by atoms with van der Waals surface area (Å²) in [5.41, 5.74) is 0.00383. The van der Waals surface area contributed by atoms with Gasteiger partial charge in [0.25, 0.3) is 15.9 Å². The van der Waals surface area contributed by atoms with E-state index in [4.69, 9.17) is 0 Å². The molecule has 0 saturated carbocycles. The van der Waals surface area contributed by atoms with Crippen LogP contribution in [0.25, 0.3) is 10.9 Å². The molecule has 3 aromatic rings. The summed E-state index contributed by atoms with van der Waals surface area (Å²) in [7, 11) is -3.98. The molecule has 1 amide bonds. The Labute approximate surface area is 131 Å². The first-order valence-corrected chi connectivity index (χ1v) is 8.20. The maximum Gasteiger partial charge on any atom is 0.267 e. The van der Waals surface area contributed by atoms with Crippen LogP contribution in [-0.4, -0.2) is 19.3 Å². The van der Waals surface area contributed by atoms with E-state index < -0.39 is 15.9 Å². The number of hydrogen-bond acceptors (Lipinski definition) is 4. The number of amides is 1. The molecule has 0 saturated heterocycles. The van der Waals surface area contributed by atoms with Crippen molar-refractivity contribution in [3.05, 3.63) is 76.6 Å². The Balaban J connectivity index is 2.02. The molecule has 116 valence electrons. The molecule has 0 aliphatic carbocycles. The van der Waals surface area contributed by atoms with Crippen LogP contribution in [0, 0.1) is 0 Å². The number of carbonyl (C=O) groups excluding carboxylic acids is 1. The Hall–Kier alpha value is -2.93. The first kappa shape index (κ1) is 15.0. The first-order valence-electron chi connectivity index (χ1n) is 6.72. The van der Waals surface area contributed by atoms with E-state index in [0.29, 0.717) is 10.9 Å². The van der Waals surface area contributed by atoms with E-state index in [1.54, 1.807) is 36.4 Å². The predicted octanol–water partition coefficient (Wildman–Crippen LogP) is 1.65. The molecule has 2 N–H and O–H groups in total. The van der Waals surface area contributed by atoms with Crippen molar-refractivity contribution in [1.29, 1.82) is 0 Å². The molecule has 0 atom stereocenters. The van der Waals surface area contributed by atoms with Crippen LogP contribution in [0.5, 0.6) is 0 Å². The largest absolute Gasteiger partial charge is 0.321 e. The van der Waals surface area contributed by atoms with Crippen LogP contribution < -0.4 is 10.3 Å². The first-order chi connectivity index (χ1) is 11.0. The normalized spacial score (nSPS) is 11.3. The van der Waals surface area contributed by atoms with E-state index in [1.807, 2.05) is 4.72 Å². The van der Waals surface area contributed by atoms with Crippen LogP contribution in [-0.2, 0) is 10.0 Å². The molecule has 0 aliphatic heterocycles. The van der Waals surface area contributed by atoms with Gasteiger partial charge in [0.1, 0.15) is 0 Å². The molecule has 6 nitrogen and oxygen atoms in total. The summed E-state index contributed by atoms with van der Waals surface area (Å²) < 4.78 is 26.4. The number of sulfonamides is 1. The Morgan fingerprint density at radius 2 is 1.65 bits per heavy atom. The minimum Gasteiger partial charge on any atom is -0.321 e. The van der Waals surface area contributed by atoms with Gasteiger partial charge in [-0.2, -0.15) is 0 Å². The summed E-state index contributed by atoms with van der Waals surface area (Å²) in [5.74, 6) is -0.804. The van der Waals surface area contributed by atoms with Crippen molar-refractivity contribution in [1.82, 2.24) is 9.71 Å². The number of para-hydroxylation sites is 1. The summed E-state index contributed by atoms with van der Waals surface area (Å²) in [5, 5.41) is 0.634. The van der Waals surface area contributed by atoms with Gasteiger partial charge in [-0.15, -0.1) is 0 Å². The van der Waals surface area contributed by atoms with E-state index in [9.17, 15) is 18.0 Å². The number of H-pyrrole nitrogens is 1. The Kier molecular flexibility index (Phi) is 3.71. The lowest BCUT2D eigenvalue weighted by atomic mass is 10.1. The van der Waals surface area contributed by atoms with Gasteiger partial charge < -0.3 is 4.98 Å². The van der Waals surface area contributed by atoms with Crippen molar-refractivity contribution in [3.63, 3.8) is 0 Å². The number of aromatic amines is 1. The number of pyridine rings is 1. The summed E-state index contributed by atoms with van der Waals surface area (Å²) in [6.07, 6.45) is 0. The minimum atomic E-state index is -3.98. The third kappa shape index (κ3) is 3.00. The summed E-state index contributed by atoms with van der Waals surface area (Å²) in [6, 6.07) is 15.3. The second-order valence-electron chi connectivity index (χ2n) is 4.84. The number of benzene rings is 2. The van der Waals surface area contributed by atoms with Crippen molar-refractivity contribution in [2.45, 2.75) is 4.90 Å². The molecule has 2 aromatic carbocycles. The zero-order valence-electron chi connectivity index (χ0n) is 11.8. The van der Waals surface area contributed by atoms with Gasteiger partial charge in [0.05, 0.1) is 16.0 Å². The highest BCUT2D eigenvalue weighted by Crippen LogP contribution is 2.16. The van der Waals surface area contributed by atoms with Gasteiger partial charge in [0.15, 0.2) is 0 Å². The van der Waals surface area contributed by atoms with Gasteiger partial charge in [-0.1, -0.05) is 30.3 Å².